The van der Waals surface area contributed by atoms with Gasteiger partial charge in [0, 0.05) is 10.8 Å². The molecule has 0 bridgehead atoms. The van der Waals surface area contributed by atoms with Crippen LogP contribution in [0.1, 0.15) is 43.1 Å². The Bertz CT molecular complexity index is 689. The summed E-state index contributed by atoms with van der Waals surface area (Å²) in [6, 6.07) is 7.60. The Labute approximate surface area is 139 Å². The van der Waals surface area contributed by atoms with E-state index in [0.29, 0.717) is 11.3 Å². The van der Waals surface area contributed by atoms with Crippen LogP contribution in [0.3, 0.4) is 0 Å². The first-order chi connectivity index (χ1) is 10.8. The minimum atomic E-state index is -1.08. The summed E-state index contributed by atoms with van der Waals surface area (Å²) in [7, 11) is 0. The molecule has 0 aliphatic rings. The first kappa shape index (κ1) is 17.1. The molecule has 1 aromatic heterocycles. The molecule has 0 saturated heterocycles. The molecule has 1 unspecified atom stereocenters. The van der Waals surface area contributed by atoms with E-state index in [1.807, 2.05) is 5.38 Å². The lowest BCUT2D eigenvalue weighted by atomic mass is 9.98. The van der Waals surface area contributed by atoms with Gasteiger partial charge in [-0.2, -0.15) is 0 Å². The van der Waals surface area contributed by atoms with Crippen LogP contribution in [0.2, 0.25) is 0 Å². The Morgan fingerprint density at radius 2 is 1.91 bits per heavy atom. The fraction of sp³-hybridized carbons (Fsp3) is 0.353. The van der Waals surface area contributed by atoms with Gasteiger partial charge in [-0.05, 0) is 5.56 Å². The number of benzene rings is 1. The van der Waals surface area contributed by atoms with Crippen LogP contribution in [0.4, 0.5) is 0 Å². The highest BCUT2D eigenvalue weighted by molar-refractivity contribution is 7.09. The Balaban J connectivity index is 2.05. The van der Waals surface area contributed by atoms with Crippen molar-refractivity contribution in [3.63, 3.8) is 0 Å². The molecular formula is C17H20N2O3S. The summed E-state index contributed by atoms with van der Waals surface area (Å²) < 4.78 is 0. The summed E-state index contributed by atoms with van der Waals surface area (Å²) in [6.45, 7) is 6.18. The number of carboxylic acids is 1. The SMILES string of the molecule is CC(C)(C)c1nc(CC(=O)NC(C(=O)O)c2ccccc2)cs1. The van der Waals surface area contributed by atoms with Gasteiger partial charge in [0.05, 0.1) is 17.1 Å². The molecule has 1 amide bonds. The number of carbonyl (C=O) groups excluding carboxylic acids is 1. The third kappa shape index (κ3) is 4.63. The van der Waals surface area contributed by atoms with E-state index in [1.165, 1.54) is 11.3 Å². The van der Waals surface area contributed by atoms with E-state index in [4.69, 9.17) is 0 Å². The highest BCUT2D eigenvalue weighted by Gasteiger charge is 2.23. The number of carbonyl (C=O) groups is 2. The molecule has 1 atom stereocenters. The van der Waals surface area contributed by atoms with Gasteiger partial charge in [-0.25, -0.2) is 9.78 Å². The van der Waals surface area contributed by atoms with Gasteiger partial charge < -0.3 is 10.4 Å². The molecule has 2 N–H and O–H groups in total. The lowest BCUT2D eigenvalue weighted by Crippen LogP contribution is -2.34. The number of carboxylic acid groups (broad SMARTS) is 1. The number of thiazole rings is 1. The molecule has 0 fully saturated rings. The summed E-state index contributed by atoms with van der Waals surface area (Å²) >= 11 is 1.51. The van der Waals surface area contributed by atoms with Crippen molar-refractivity contribution in [1.82, 2.24) is 10.3 Å². The zero-order chi connectivity index (χ0) is 17.0. The number of rotatable bonds is 5. The summed E-state index contributed by atoms with van der Waals surface area (Å²) in [5, 5.41) is 14.7. The molecule has 6 heteroatoms. The van der Waals surface area contributed by atoms with Crippen molar-refractivity contribution in [3.05, 3.63) is 52.0 Å². The van der Waals surface area contributed by atoms with Crippen molar-refractivity contribution < 1.29 is 14.7 Å². The number of aliphatic carboxylic acids is 1. The predicted octanol–water partition coefficient (Wildman–Crippen LogP) is 2.93. The van der Waals surface area contributed by atoms with E-state index in [1.54, 1.807) is 30.3 Å². The summed E-state index contributed by atoms with van der Waals surface area (Å²) in [6.07, 6.45) is 0.0726. The first-order valence-corrected chi connectivity index (χ1v) is 8.17. The molecule has 0 spiro atoms. The van der Waals surface area contributed by atoms with E-state index in [9.17, 15) is 14.7 Å². The molecule has 122 valence electrons. The molecule has 2 aromatic rings. The molecule has 0 saturated carbocycles. The standard InChI is InChI=1S/C17H20N2O3S/c1-17(2,3)16-18-12(10-23-16)9-13(20)19-14(15(21)22)11-7-5-4-6-8-11/h4-8,10,14H,9H2,1-3H3,(H,19,20)(H,21,22). The molecule has 1 aromatic carbocycles. The second-order valence-corrected chi connectivity index (χ2v) is 7.18. The minimum absolute atomic E-state index is 0.0625. The summed E-state index contributed by atoms with van der Waals surface area (Å²) in [4.78, 5) is 28.0. The highest BCUT2D eigenvalue weighted by atomic mass is 32.1. The fourth-order valence-corrected chi connectivity index (χ4v) is 2.95. The van der Waals surface area contributed by atoms with E-state index < -0.39 is 12.0 Å². The van der Waals surface area contributed by atoms with Crippen LogP contribution in [-0.2, 0) is 21.4 Å². The van der Waals surface area contributed by atoms with Crippen LogP contribution in [0.15, 0.2) is 35.7 Å². The lowest BCUT2D eigenvalue weighted by Gasteiger charge is -2.15. The Kier molecular flexibility index (Phi) is 5.15. The van der Waals surface area contributed by atoms with Crippen LogP contribution in [0.5, 0.6) is 0 Å². The van der Waals surface area contributed by atoms with Gasteiger partial charge in [0.2, 0.25) is 5.91 Å². The maximum absolute atomic E-state index is 12.1. The van der Waals surface area contributed by atoms with Crippen LogP contribution in [0, 0.1) is 0 Å². The minimum Gasteiger partial charge on any atom is -0.479 e. The van der Waals surface area contributed by atoms with E-state index in [2.05, 4.69) is 31.1 Å². The van der Waals surface area contributed by atoms with Gasteiger partial charge in [0.15, 0.2) is 6.04 Å². The van der Waals surface area contributed by atoms with Crippen molar-refractivity contribution in [2.45, 2.75) is 38.6 Å². The molecular weight excluding hydrogens is 312 g/mol. The lowest BCUT2D eigenvalue weighted by molar-refractivity contribution is -0.142. The maximum Gasteiger partial charge on any atom is 0.330 e. The van der Waals surface area contributed by atoms with Crippen LogP contribution < -0.4 is 5.32 Å². The number of aromatic nitrogens is 1. The predicted molar refractivity (Wildman–Crippen MR) is 89.5 cm³/mol. The largest absolute Gasteiger partial charge is 0.479 e. The number of amides is 1. The topological polar surface area (TPSA) is 79.3 Å². The number of nitrogens with one attached hydrogen (secondary N) is 1. The Morgan fingerprint density at radius 3 is 2.43 bits per heavy atom. The number of hydrogen-bond donors (Lipinski definition) is 2. The second-order valence-electron chi connectivity index (χ2n) is 6.32. The van der Waals surface area contributed by atoms with Gasteiger partial charge in [0.1, 0.15) is 0 Å². The van der Waals surface area contributed by atoms with E-state index >= 15 is 0 Å². The Morgan fingerprint density at radius 1 is 1.26 bits per heavy atom. The third-order valence-electron chi connectivity index (χ3n) is 3.22. The van der Waals surface area contributed by atoms with Gasteiger partial charge in [0.25, 0.3) is 0 Å². The zero-order valence-electron chi connectivity index (χ0n) is 13.4. The molecule has 5 nitrogen and oxygen atoms in total. The molecule has 23 heavy (non-hydrogen) atoms. The monoisotopic (exact) mass is 332 g/mol. The fourth-order valence-electron chi connectivity index (χ4n) is 2.04. The quantitative estimate of drug-likeness (QED) is 0.882. The molecule has 0 aliphatic heterocycles. The molecule has 1 heterocycles. The van der Waals surface area contributed by atoms with Crippen molar-refractivity contribution in [1.29, 1.82) is 0 Å². The highest BCUT2D eigenvalue weighted by Crippen LogP contribution is 2.25. The summed E-state index contributed by atoms with van der Waals surface area (Å²) in [5.41, 5.74) is 1.14. The van der Waals surface area contributed by atoms with Crippen molar-refractivity contribution >= 4 is 23.2 Å². The summed E-state index contributed by atoms with van der Waals surface area (Å²) in [5.74, 6) is -1.44. The van der Waals surface area contributed by atoms with Crippen molar-refractivity contribution in [3.8, 4) is 0 Å². The Hall–Kier alpha value is -2.21. The van der Waals surface area contributed by atoms with Gasteiger partial charge in [-0.1, -0.05) is 51.1 Å². The van der Waals surface area contributed by atoms with Gasteiger partial charge in [-0.15, -0.1) is 11.3 Å². The van der Waals surface area contributed by atoms with Crippen LogP contribution >= 0.6 is 11.3 Å². The third-order valence-corrected chi connectivity index (χ3v) is 4.54. The maximum atomic E-state index is 12.1. The molecule has 2 rings (SSSR count). The first-order valence-electron chi connectivity index (χ1n) is 7.29. The van der Waals surface area contributed by atoms with E-state index in [0.717, 1.165) is 5.01 Å². The average molecular weight is 332 g/mol. The van der Waals surface area contributed by atoms with E-state index in [-0.39, 0.29) is 17.7 Å². The molecule has 0 radical (unpaired) electrons. The van der Waals surface area contributed by atoms with Crippen molar-refractivity contribution in [2.75, 3.05) is 0 Å². The zero-order valence-corrected chi connectivity index (χ0v) is 14.2. The molecule has 0 aliphatic carbocycles. The van der Waals surface area contributed by atoms with Crippen molar-refractivity contribution in [2.24, 2.45) is 0 Å². The average Bonchev–Trinajstić information content (AvgIpc) is 2.94. The van der Waals surface area contributed by atoms with Gasteiger partial charge in [-0.3, -0.25) is 4.79 Å². The van der Waals surface area contributed by atoms with Crippen LogP contribution in [-0.4, -0.2) is 22.0 Å². The van der Waals surface area contributed by atoms with Gasteiger partial charge >= 0.3 is 5.97 Å². The normalized spacial score (nSPS) is 12.7. The number of nitrogens with zero attached hydrogens (tertiary/aromatic N) is 1. The van der Waals surface area contributed by atoms with Crippen LogP contribution in [0.25, 0.3) is 0 Å². The number of hydrogen-bond acceptors (Lipinski definition) is 4. The smallest absolute Gasteiger partial charge is 0.330 e. The second kappa shape index (κ2) is 6.91.